The topological polar surface area (TPSA) is 135 Å². The van der Waals surface area contributed by atoms with Gasteiger partial charge in [0.05, 0.1) is 53.9 Å². The maximum absolute atomic E-state index is 13.9. The fourth-order valence-electron chi connectivity index (χ4n) is 10.5. The molecule has 0 spiro atoms. The lowest BCUT2D eigenvalue weighted by atomic mass is 10.1. The minimum atomic E-state index is -0.479. The van der Waals surface area contributed by atoms with Gasteiger partial charge in [-0.15, -0.1) is 34.0 Å². The average Bonchev–Trinajstić information content (AvgIpc) is 1.10. The highest BCUT2D eigenvalue weighted by molar-refractivity contribution is 7.26. The van der Waals surface area contributed by atoms with Gasteiger partial charge in [0.25, 0.3) is 0 Å². The lowest BCUT2D eigenvalue weighted by molar-refractivity contribution is 0.415. The molecule has 0 saturated heterocycles. The first kappa shape index (κ1) is 57.2. The molecule has 3 N–H and O–H groups in total. The Morgan fingerprint density at radius 3 is 1.08 bits per heavy atom. The van der Waals surface area contributed by atoms with E-state index < -0.39 is 23.3 Å². The summed E-state index contributed by atoms with van der Waals surface area (Å²) in [6.07, 6.45) is 0. The van der Waals surface area contributed by atoms with E-state index in [0.717, 1.165) is 35.5 Å². The summed E-state index contributed by atoms with van der Waals surface area (Å²) < 4.78 is 64.9. The second-order valence-corrected chi connectivity index (χ2v) is 24.0. The van der Waals surface area contributed by atoms with Crippen LogP contribution in [-0.2, 0) is 19.6 Å². The van der Waals surface area contributed by atoms with E-state index in [9.17, 15) is 31.9 Å². The normalized spacial score (nSPS) is 11.3. The minimum Gasteiger partial charge on any atom is -0.497 e. The van der Waals surface area contributed by atoms with Crippen LogP contribution in [-0.4, -0.2) is 22.1 Å². The van der Waals surface area contributed by atoms with E-state index in [2.05, 4.69) is 20.9 Å². The molecule has 0 bridgehead atoms. The van der Waals surface area contributed by atoms with Crippen LogP contribution >= 0.6 is 45.6 Å². The molecule has 0 unspecified atom stereocenters. The summed E-state index contributed by atoms with van der Waals surface area (Å²) >= 11 is 10.4. The maximum Gasteiger partial charge on any atom is 0.196 e. The number of methoxy groups -OCH3 is 1. The van der Waals surface area contributed by atoms with Crippen LogP contribution in [0.4, 0.5) is 35.0 Å². The van der Waals surface area contributed by atoms with E-state index in [1.54, 1.807) is 49.6 Å². The summed E-state index contributed by atoms with van der Waals surface area (Å²) in [6, 6.07) is 57.5. The van der Waals surface area contributed by atoms with Gasteiger partial charge in [-0.1, -0.05) is 103 Å². The molecule has 9 aromatic carbocycles. The third-order valence-electron chi connectivity index (χ3n) is 14.7. The molecule has 0 aliphatic heterocycles. The molecule has 6 heterocycles. The predicted molar refractivity (Wildman–Crippen MR) is 355 cm³/mol. The Balaban J connectivity index is 0.000000122. The number of hydrogen-bond acceptors (Lipinski definition) is 13. The van der Waals surface area contributed by atoms with Crippen molar-refractivity contribution in [1.82, 2.24) is 15.0 Å². The van der Waals surface area contributed by atoms with Gasteiger partial charge < -0.3 is 20.7 Å². The number of nitrogens with one attached hydrogen (secondary N) is 3. The molecule has 18 heteroatoms. The van der Waals surface area contributed by atoms with Crippen LogP contribution in [0.1, 0.15) is 16.7 Å². The number of fused-ring (bicyclic) bond motifs is 12. The van der Waals surface area contributed by atoms with E-state index in [-0.39, 0.29) is 21.7 Å². The first-order valence-corrected chi connectivity index (χ1v) is 30.3. The van der Waals surface area contributed by atoms with Crippen molar-refractivity contribution < 1.29 is 22.3 Å². The van der Waals surface area contributed by atoms with Gasteiger partial charge in [-0.25, -0.2) is 32.5 Å². The third-order valence-corrected chi connectivity index (χ3v) is 18.5. The number of aromatic nitrogens is 3. The molecular weight excluding hydrogens is 1200 g/mol. The quantitative estimate of drug-likeness (QED) is 0.0690. The van der Waals surface area contributed by atoms with E-state index in [0.29, 0.717) is 117 Å². The molecule has 432 valence electrons. The number of anilines is 3. The highest BCUT2D eigenvalue weighted by Gasteiger charge is 2.20. The van der Waals surface area contributed by atoms with Crippen LogP contribution in [0, 0.1) is 23.3 Å². The van der Waals surface area contributed by atoms with Crippen LogP contribution in [0.5, 0.6) is 5.75 Å². The van der Waals surface area contributed by atoms with E-state index in [1.165, 1.54) is 82.5 Å². The molecule has 6 aromatic heterocycles. The molecule has 0 aliphatic rings. The monoisotopic (exact) mass is 1240 g/mol. The number of pyridine rings is 3. The van der Waals surface area contributed by atoms with Gasteiger partial charge >= 0.3 is 0 Å². The number of nitrogens with zero attached hydrogens (tertiary/aromatic N) is 3. The van der Waals surface area contributed by atoms with E-state index in [1.807, 2.05) is 109 Å². The highest BCUT2D eigenvalue weighted by atomic mass is 35.5. The van der Waals surface area contributed by atoms with Crippen molar-refractivity contribution in [3.8, 4) is 5.75 Å². The predicted octanol–water partition coefficient (Wildman–Crippen LogP) is 17.9. The van der Waals surface area contributed by atoms with Crippen LogP contribution in [0.25, 0.3) is 93.2 Å². The molecule has 0 aliphatic carbocycles. The first-order chi connectivity index (χ1) is 42.8. The lowest BCUT2D eigenvalue weighted by Crippen LogP contribution is -2.07. The number of benzene rings is 9. The van der Waals surface area contributed by atoms with E-state index >= 15 is 0 Å². The van der Waals surface area contributed by atoms with Gasteiger partial charge in [-0.3, -0.25) is 14.4 Å². The molecule has 10 nitrogen and oxygen atoms in total. The molecule has 88 heavy (non-hydrogen) atoms. The van der Waals surface area contributed by atoms with Gasteiger partial charge in [0, 0.05) is 71.1 Å². The Bertz CT molecular complexity index is 5210. The smallest absolute Gasteiger partial charge is 0.196 e. The fraction of sp³-hybridized carbons (Fsp3) is 0.0571. The van der Waals surface area contributed by atoms with Gasteiger partial charge in [0.15, 0.2) is 16.3 Å². The standard InChI is InChI=1S/C24H17FN2O2S.C23H14ClFN2OS.C23H14F2N2OS/c1-29-16-8-9-19-17(12-16)21-22(28)18-11-15(25)7-10-20(18)30-23(21)24(27-19)26-13-14-5-3-2-4-6-14;2*24-14-6-8-18-16(10-14)20-21(28)17-11-15(25)7-9-19(17)29-22(20)23(27-18)26-12-13-4-2-1-3-5-13/h2-12H,13H2,1H3,(H,26,27);2*1-11H,12H2,(H,26,27). The van der Waals surface area contributed by atoms with Crippen molar-refractivity contribution in [2.75, 3.05) is 23.1 Å². The molecule has 0 saturated carbocycles. The molecule has 15 aromatic rings. The zero-order chi connectivity index (χ0) is 60.6. The molecule has 0 atom stereocenters. The van der Waals surface area contributed by atoms with Crippen molar-refractivity contribution >= 4 is 156 Å². The van der Waals surface area contributed by atoms with Crippen LogP contribution in [0.2, 0.25) is 5.02 Å². The SMILES string of the molecule is COc1ccc2nc(NCc3ccccc3)c3sc4ccc(F)cc4c(=O)c3c2c1.O=c1c2cc(F)ccc2sc2c(NCc3ccccc3)nc3ccc(Cl)cc3c12.O=c1c2cc(F)ccc2sc2c(NCc3ccccc3)nc3ccc(F)cc3c12. The summed E-state index contributed by atoms with van der Waals surface area (Å²) in [6.45, 7) is 1.68. The lowest BCUT2D eigenvalue weighted by Gasteiger charge is -2.13. The third kappa shape index (κ3) is 11.5. The number of rotatable bonds is 10. The summed E-state index contributed by atoms with van der Waals surface area (Å²) in [5.74, 6) is 0.675. The number of halogens is 5. The van der Waals surface area contributed by atoms with Crippen molar-refractivity contribution in [1.29, 1.82) is 0 Å². The van der Waals surface area contributed by atoms with Crippen LogP contribution in [0.3, 0.4) is 0 Å². The number of hydrogen-bond donors (Lipinski definition) is 3. The Labute approximate surface area is 514 Å². The molecule has 0 amide bonds. The molecular formula is C70H45ClF4N6O4S3. The number of ether oxygens (including phenoxy) is 1. The highest BCUT2D eigenvalue weighted by Crippen LogP contribution is 2.39. The average molecular weight is 1240 g/mol. The summed E-state index contributed by atoms with van der Waals surface area (Å²) in [5.41, 5.74) is 4.38. The van der Waals surface area contributed by atoms with Crippen LogP contribution in [0.15, 0.2) is 215 Å². The Morgan fingerprint density at radius 1 is 0.386 bits per heavy atom. The zero-order valence-electron chi connectivity index (χ0n) is 46.3. The Morgan fingerprint density at radius 2 is 0.705 bits per heavy atom. The first-order valence-electron chi connectivity index (χ1n) is 27.5. The molecule has 0 fully saturated rings. The summed E-state index contributed by atoms with van der Waals surface area (Å²) in [7, 11) is 1.58. The van der Waals surface area contributed by atoms with Gasteiger partial charge in [-0.2, -0.15) is 0 Å². The Hall–Kier alpha value is -9.91. The second kappa shape index (κ2) is 24.5. The largest absolute Gasteiger partial charge is 0.497 e. The molecule has 15 rings (SSSR count). The van der Waals surface area contributed by atoms with Crippen molar-refractivity contribution in [2.45, 2.75) is 19.6 Å². The van der Waals surface area contributed by atoms with Crippen LogP contribution < -0.4 is 37.0 Å². The summed E-state index contributed by atoms with van der Waals surface area (Å²) in [5, 5.41) is 14.8. The van der Waals surface area contributed by atoms with E-state index in [4.69, 9.17) is 26.3 Å². The molecule has 0 radical (unpaired) electrons. The van der Waals surface area contributed by atoms with Crippen molar-refractivity contribution in [3.63, 3.8) is 0 Å². The van der Waals surface area contributed by atoms with Crippen molar-refractivity contribution in [2.24, 2.45) is 0 Å². The van der Waals surface area contributed by atoms with Gasteiger partial charge in [0.1, 0.15) is 46.5 Å². The second-order valence-electron chi connectivity index (χ2n) is 20.4. The Kier molecular flexibility index (Phi) is 15.9. The zero-order valence-corrected chi connectivity index (χ0v) is 49.5. The van der Waals surface area contributed by atoms with Crippen molar-refractivity contribution in [3.05, 3.63) is 276 Å². The minimum absolute atomic E-state index is 0.207. The maximum atomic E-state index is 13.9. The van der Waals surface area contributed by atoms with Gasteiger partial charge in [-0.05, 0) is 126 Å². The van der Waals surface area contributed by atoms with Gasteiger partial charge in [0.2, 0.25) is 0 Å². The summed E-state index contributed by atoms with van der Waals surface area (Å²) in [4.78, 5) is 54.2. The fourth-order valence-corrected chi connectivity index (χ4v) is 14.1.